The second kappa shape index (κ2) is 14.9. The Bertz CT molecular complexity index is 113. The van der Waals surface area contributed by atoms with Crippen molar-refractivity contribution in [1.29, 1.82) is 0 Å². The maximum absolute atomic E-state index is 9.24. The van der Waals surface area contributed by atoms with E-state index in [1.54, 1.807) is 0 Å². The summed E-state index contributed by atoms with van der Waals surface area (Å²) in [5, 5.41) is 7.60. The van der Waals surface area contributed by atoms with Crippen LogP contribution in [0.2, 0.25) is 0 Å². The average molecular weight is 204 g/mol. The molecule has 4 nitrogen and oxygen atoms in total. The molecule has 5 N–H and O–H groups in total. The van der Waals surface area contributed by atoms with Crippen LogP contribution in [0.3, 0.4) is 0 Å². The highest BCUT2D eigenvalue weighted by Gasteiger charge is 1.85. The summed E-state index contributed by atoms with van der Waals surface area (Å²) in [5.41, 5.74) is 9.92. The minimum Gasteiger partial charge on any atom is -0.480 e. The molecule has 0 aromatic heterocycles. The first-order valence-corrected chi connectivity index (χ1v) is 5.30. The van der Waals surface area contributed by atoms with Gasteiger partial charge in [0, 0.05) is 0 Å². The molecule has 0 unspecified atom stereocenters. The van der Waals surface area contributed by atoms with E-state index in [0.29, 0.717) is 0 Å². The maximum atomic E-state index is 9.24. The van der Waals surface area contributed by atoms with Gasteiger partial charge < -0.3 is 16.6 Å². The fraction of sp³-hybridized carbons (Fsp3) is 0.900. The van der Waals surface area contributed by atoms with Crippen LogP contribution in [0.1, 0.15) is 45.4 Å². The van der Waals surface area contributed by atoms with E-state index >= 15 is 0 Å². The molecule has 0 aliphatic carbocycles. The summed E-state index contributed by atoms with van der Waals surface area (Å²) in [6, 6.07) is 0. The lowest BCUT2D eigenvalue weighted by atomic mass is 10.1. The number of nitrogens with two attached hydrogens (primary N) is 2. The number of unbranched alkanes of at least 4 members (excludes halogenated alkanes) is 5. The standard InChI is InChI=1S/C8H19N.C2H5NO2/c1-2-3-4-5-6-7-8-9;3-1-2(4)5/h2-9H2,1H3;1,3H2,(H,4,5). The molecule has 0 aliphatic heterocycles. The normalized spacial score (nSPS) is 9.07. The van der Waals surface area contributed by atoms with Gasteiger partial charge in [0.2, 0.25) is 0 Å². The summed E-state index contributed by atoms with van der Waals surface area (Å²) in [4.78, 5) is 9.24. The van der Waals surface area contributed by atoms with Crippen LogP contribution in [-0.4, -0.2) is 24.2 Å². The van der Waals surface area contributed by atoms with E-state index in [4.69, 9.17) is 10.8 Å². The second-order valence-electron chi connectivity index (χ2n) is 3.15. The SMILES string of the molecule is CCCCCCCCN.NCC(=O)O. The molecule has 86 valence electrons. The first-order chi connectivity index (χ1) is 6.68. The van der Waals surface area contributed by atoms with Gasteiger partial charge in [0.1, 0.15) is 0 Å². The highest BCUT2D eigenvalue weighted by atomic mass is 16.4. The van der Waals surface area contributed by atoms with Crippen LogP contribution in [0.25, 0.3) is 0 Å². The van der Waals surface area contributed by atoms with Gasteiger partial charge in [0.15, 0.2) is 0 Å². The van der Waals surface area contributed by atoms with E-state index in [9.17, 15) is 4.79 Å². The van der Waals surface area contributed by atoms with Gasteiger partial charge in [-0.15, -0.1) is 0 Å². The van der Waals surface area contributed by atoms with Gasteiger partial charge in [0.05, 0.1) is 6.54 Å². The van der Waals surface area contributed by atoms with Crippen LogP contribution in [0.5, 0.6) is 0 Å². The van der Waals surface area contributed by atoms with Crippen molar-refractivity contribution in [3.63, 3.8) is 0 Å². The Morgan fingerprint density at radius 1 is 1.07 bits per heavy atom. The molecule has 0 heterocycles. The third kappa shape index (κ3) is 22.5. The molecule has 0 aromatic carbocycles. The molecule has 0 bridgehead atoms. The van der Waals surface area contributed by atoms with E-state index in [1.807, 2.05) is 0 Å². The Hall–Kier alpha value is -0.610. The molecule has 0 aliphatic rings. The van der Waals surface area contributed by atoms with Crippen LogP contribution in [-0.2, 0) is 4.79 Å². The Balaban J connectivity index is 0. The number of hydrogen-bond acceptors (Lipinski definition) is 3. The lowest BCUT2D eigenvalue weighted by molar-refractivity contribution is -0.135. The number of aliphatic carboxylic acids is 1. The molecule has 0 fully saturated rings. The van der Waals surface area contributed by atoms with Crippen molar-refractivity contribution in [1.82, 2.24) is 0 Å². The molecule has 0 amide bonds. The number of hydrogen-bond donors (Lipinski definition) is 3. The zero-order chi connectivity index (χ0) is 11.2. The molecule has 0 saturated heterocycles. The smallest absolute Gasteiger partial charge is 0.317 e. The first-order valence-electron chi connectivity index (χ1n) is 5.30. The first kappa shape index (κ1) is 15.8. The highest BCUT2D eigenvalue weighted by molar-refractivity contribution is 5.68. The second-order valence-corrected chi connectivity index (χ2v) is 3.15. The van der Waals surface area contributed by atoms with Gasteiger partial charge in [-0.3, -0.25) is 4.79 Å². The zero-order valence-electron chi connectivity index (χ0n) is 9.17. The fourth-order valence-corrected chi connectivity index (χ4v) is 0.925. The van der Waals surface area contributed by atoms with Gasteiger partial charge in [0.25, 0.3) is 0 Å². The van der Waals surface area contributed by atoms with E-state index in [-0.39, 0.29) is 6.54 Å². The van der Waals surface area contributed by atoms with Crippen molar-refractivity contribution in [2.75, 3.05) is 13.1 Å². The van der Waals surface area contributed by atoms with Gasteiger partial charge >= 0.3 is 5.97 Å². The Labute approximate surface area is 86.7 Å². The molecule has 0 atom stereocenters. The molecular formula is C10H24N2O2. The van der Waals surface area contributed by atoms with Crippen molar-refractivity contribution >= 4 is 5.97 Å². The quantitative estimate of drug-likeness (QED) is 0.546. The lowest BCUT2D eigenvalue weighted by Gasteiger charge is -1.96. The van der Waals surface area contributed by atoms with Gasteiger partial charge in [-0.2, -0.15) is 0 Å². The van der Waals surface area contributed by atoms with E-state index in [1.165, 1.54) is 38.5 Å². The molecule has 0 radical (unpaired) electrons. The molecule has 0 spiro atoms. The van der Waals surface area contributed by atoms with Crippen molar-refractivity contribution in [3.8, 4) is 0 Å². The van der Waals surface area contributed by atoms with Crippen LogP contribution in [0, 0.1) is 0 Å². The Morgan fingerprint density at radius 2 is 1.50 bits per heavy atom. The number of carbonyl (C=O) groups is 1. The molecule has 14 heavy (non-hydrogen) atoms. The topological polar surface area (TPSA) is 89.3 Å². The van der Waals surface area contributed by atoms with Gasteiger partial charge in [-0.25, -0.2) is 0 Å². The van der Waals surface area contributed by atoms with Crippen molar-refractivity contribution < 1.29 is 9.90 Å². The summed E-state index contributed by atoms with van der Waals surface area (Å²) in [6.07, 6.45) is 8.05. The summed E-state index contributed by atoms with van der Waals surface area (Å²) in [5.74, 6) is -0.968. The van der Waals surface area contributed by atoms with Crippen LogP contribution in [0.4, 0.5) is 0 Å². The van der Waals surface area contributed by atoms with Crippen molar-refractivity contribution in [3.05, 3.63) is 0 Å². The molecule has 0 aromatic rings. The molecular weight excluding hydrogens is 180 g/mol. The predicted molar refractivity (Wildman–Crippen MR) is 59.1 cm³/mol. The summed E-state index contributed by atoms with van der Waals surface area (Å²) < 4.78 is 0. The van der Waals surface area contributed by atoms with Gasteiger partial charge in [-0.05, 0) is 13.0 Å². The maximum Gasteiger partial charge on any atom is 0.317 e. The molecule has 0 saturated carbocycles. The molecule has 0 rings (SSSR count). The minimum atomic E-state index is -0.968. The third-order valence-electron chi connectivity index (χ3n) is 1.73. The van der Waals surface area contributed by atoms with Crippen molar-refractivity contribution in [2.24, 2.45) is 11.5 Å². The monoisotopic (exact) mass is 204 g/mol. The Kier molecular flexibility index (Phi) is 16.9. The molecule has 4 heteroatoms. The zero-order valence-corrected chi connectivity index (χ0v) is 9.17. The summed E-state index contributed by atoms with van der Waals surface area (Å²) >= 11 is 0. The predicted octanol–water partition coefficient (Wildman–Crippen LogP) is 1.34. The number of carboxylic acids is 1. The minimum absolute atomic E-state index is 0.278. The fourth-order valence-electron chi connectivity index (χ4n) is 0.925. The summed E-state index contributed by atoms with van der Waals surface area (Å²) in [6.45, 7) is 2.83. The number of carboxylic acid groups (broad SMARTS) is 1. The van der Waals surface area contributed by atoms with Crippen LogP contribution >= 0.6 is 0 Å². The largest absolute Gasteiger partial charge is 0.480 e. The lowest BCUT2D eigenvalue weighted by Crippen LogP contribution is -2.10. The van der Waals surface area contributed by atoms with E-state index in [0.717, 1.165) is 6.54 Å². The van der Waals surface area contributed by atoms with E-state index in [2.05, 4.69) is 12.7 Å². The van der Waals surface area contributed by atoms with Gasteiger partial charge in [-0.1, -0.05) is 39.0 Å². The third-order valence-corrected chi connectivity index (χ3v) is 1.73. The van der Waals surface area contributed by atoms with E-state index < -0.39 is 5.97 Å². The van der Waals surface area contributed by atoms with Crippen LogP contribution in [0.15, 0.2) is 0 Å². The average Bonchev–Trinajstić information content (AvgIpc) is 2.19. The summed E-state index contributed by atoms with van der Waals surface area (Å²) in [7, 11) is 0. The van der Waals surface area contributed by atoms with Crippen LogP contribution < -0.4 is 11.5 Å². The number of rotatable bonds is 7. The van der Waals surface area contributed by atoms with Crippen molar-refractivity contribution in [2.45, 2.75) is 45.4 Å². The Morgan fingerprint density at radius 3 is 1.86 bits per heavy atom. The highest BCUT2D eigenvalue weighted by Crippen LogP contribution is 2.03.